The fourth-order valence-corrected chi connectivity index (χ4v) is 1.58. The molecular formula is C13H17FN6O2. The molecule has 0 unspecified atom stereocenters. The van der Waals surface area contributed by atoms with E-state index in [0.29, 0.717) is 12.2 Å². The zero-order valence-electron chi connectivity index (χ0n) is 12.3. The van der Waals surface area contributed by atoms with Crippen molar-refractivity contribution in [3.8, 4) is 6.01 Å². The Bertz CT molecular complexity index is 645. The van der Waals surface area contributed by atoms with Gasteiger partial charge < -0.3 is 10.1 Å². The molecule has 0 atom stereocenters. The van der Waals surface area contributed by atoms with E-state index in [4.69, 9.17) is 4.74 Å². The van der Waals surface area contributed by atoms with Gasteiger partial charge in [-0.05, 0) is 12.5 Å². The lowest BCUT2D eigenvalue weighted by molar-refractivity contribution is 0.251. The summed E-state index contributed by atoms with van der Waals surface area (Å²) < 4.78 is 20.5. The number of hydrogen-bond acceptors (Lipinski definition) is 5. The van der Waals surface area contributed by atoms with E-state index in [9.17, 15) is 9.18 Å². The molecule has 0 fully saturated rings. The number of hydrogen-bond donors (Lipinski definition) is 2. The van der Waals surface area contributed by atoms with Crippen molar-refractivity contribution in [1.82, 2.24) is 25.1 Å². The van der Waals surface area contributed by atoms with Crippen molar-refractivity contribution < 1.29 is 13.9 Å². The van der Waals surface area contributed by atoms with E-state index >= 15 is 0 Å². The number of urea groups is 1. The van der Waals surface area contributed by atoms with Crippen molar-refractivity contribution in [3.63, 3.8) is 0 Å². The van der Waals surface area contributed by atoms with E-state index in [2.05, 4.69) is 25.7 Å². The highest BCUT2D eigenvalue weighted by Crippen LogP contribution is 2.14. The standard InChI is InChI=1S/C13H17FN6O2/c1-3-5-15-12(21)17-11-10(14)7-16-13(18-11)22-8-9-4-6-20(2)19-9/h4,6-7H,3,5,8H2,1-2H3,(H2,15,16,17,18,21). The average molecular weight is 308 g/mol. The van der Waals surface area contributed by atoms with Crippen LogP contribution < -0.4 is 15.4 Å². The summed E-state index contributed by atoms with van der Waals surface area (Å²) in [5.41, 5.74) is 0.686. The van der Waals surface area contributed by atoms with E-state index in [1.54, 1.807) is 24.0 Å². The molecule has 0 spiro atoms. The Kier molecular flexibility index (Phi) is 5.23. The summed E-state index contributed by atoms with van der Waals surface area (Å²) in [4.78, 5) is 19.1. The fraction of sp³-hybridized carbons (Fsp3) is 0.385. The first-order chi connectivity index (χ1) is 10.6. The summed E-state index contributed by atoms with van der Waals surface area (Å²) in [7, 11) is 1.79. The number of carbonyl (C=O) groups excluding carboxylic acids is 1. The average Bonchev–Trinajstić information content (AvgIpc) is 2.91. The largest absolute Gasteiger partial charge is 0.457 e. The molecule has 0 saturated heterocycles. The fourth-order valence-electron chi connectivity index (χ4n) is 1.58. The molecule has 118 valence electrons. The number of nitrogens with one attached hydrogen (secondary N) is 2. The molecule has 2 aromatic rings. The van der Waals surface area contributed by atoms with Crippen LogP contribution in [-0.2, 0) is 13.7 Å². The van der Waals surface area contributed by atoms with Gasteiger partial charge in [-0.1, -0.05) is 6.92 Å². The van der Waals surface area contributed by atoms with Gasteiger partial charge in [0, 0.05) is 19.8 Å². The summed E-state index contributed by atoms with van der Waals surface area (Å²) in [5.74, 6) is -0.976. The van der Waals surface area contributed by atoms with Crippen molar-refractivity contribution in [3.05, 3.63) is 30.0 Å². The minimum absolute atomic E-state index is 0.0437. The van der Waals surface area contributed by atoms with E-state index in [1.807, 2.05) is 6.92 Å². The molecule has 2 amide bonds. The third-order valence-corrected chi connectivity index (χ3v) is 2.61. The molecule has 2 heterocycles. The van der Waals surface area contributed by atoms with Gasteiger partial charge in [-0.25, -0.2) is 14.2 Å². The van der Waals surface area contributed by atoms with Crippen molar-refractivity contribution >= 4 is 11.8 Å². The number of anilines is 1. The summed E-state index contributed by atoms with van der Waals surface area (Å²) in [6, 6.07) is 1.20. The van der Waals surface area contributed by atoms with Gasteiger partial charge in [0.25, 0.3) is 0 Å². The van der Waals surface area contributed by atoms with Crippen LogP contribution in [0.15, 0.2) is 18.5 Å². The summed E-state index contributed by atoms with van der Waals surface area (Å²) in [6.07, 6.45) is 3.49. The Morgan fingerprint density at radius 2 is 2.32 bits per heavy atom. The zero-order valence-corrected chi connectivity index (χ0v) is 12.3. The van der Waals surface area contributed by atoms with Gasteiger partial charge in [0.1, 0.15) is 6.61 Å². The van der Waals surface area contributed by atoms with E-state index in [1.165, 1.54) is 0 Å². The Balaban J connectivity index is 1.98. The lowest BCUT2D eigenvalue weighted by atomic mass is 10.5. The van der Waals surface area contributed by atoms with E-state index in [-0.39, 0.29) is 18.4 Å². The summed E-state index contributed by atoms with van der Waals surface area (Å²) >= 11 is 0. The normalized spacial score (nSPS) is 10.3. The molecule has 2 rings (SSSR count). The van der Waals surface area contributed by atoms with E-state index < -0.39 is 11.8 Å². The first kappa shape index (κ1) is 15.7. The molecule has 0 aromatic carbocycles. The maximum Gasteiger partial charge on any atom is 0.320 e. The Labute approximate surface area is 126 Å². The molecule has 22 heavy (non-hydrogen) atoms. The SMILES string of the molecule is CCCNC(=O)Nc1nc(OCc2ccn(C)n2)ncc1F. The van der Waals surface area contributed by atoms with Crippen LogP contribution in [-0.4, -0.2) is 32.3 Å². The lowest BCUT2D eigenvalue weighted by Crippen LogP contribution is -2.30. The van der Waals surface area contributed by atoms with Gasteiger partial charge in [0.05, 0.1) is 11.9 Å². The second kappa shape index (κ2) is 7.34. The van der Waals surface area contributed by atoms with Crippen LogP contribution in [0.4, 0.5) is 15.0 Å². The topological polar surface area (TPSA) is 94.0 Å². The molecule has 0 radical (unpaired) electrons. The Morgan fingerprint density at radius 3 is 3.00 bits per heavy atom. The molecule has 0 aliphatic carbocycles. The van der Waals surface area contributed by atoms with E-state index in [0.717, 1.165) is 12.6 Å². The number of nitrogens with zero attached hydrogens (tertiary/aromatic N) is 4. The minimum Gasteiger partial charge on any atom is -0.457 e. The molecule has 9 heteroatoms. The molecule has 2 aromatic heterocycles. The molecule has 2 N–H and O–H groups in total. The van der Waals surface area contributed by atoms with Crippen LogP contribution in [0.5, 0.6) is 6.01 Å². The maximum absolute atomic E-state index is 13.6. The number of aromatic nitrogens is 4. The van der Waals surface area contributed by atoms with Crippen molar-refractivity contribution in [1.29, 1.82) is 0 Å². The van der Waals surface area contributed by atoms with Gasteiger partial charge in [-0.2, -0.15) is 10.1 Å². The number of carbonyl (C=O) groups is 1. The lowest BCUT2D eigenvalue weighted by Gasteiger charge is -2.08. The zero-order chi connectivity index (χ0) is 15.9. The van der Waals surface area contributed by atoms with Crippen LogP contribution in [0.1, 0.15) is 19.0 Å². The predicted molar refractivity (Wildman–Crippen MR) is 76.8 cm³/mol. The van der Waals surface area contributed by atoms with Crippen molar-refractivity contribution in [2.75, 3.05) is 11.9 Å². The third-order valence-electron chi connectivity index (χ3n) is 2.61. The number of rotatable bonds is 6. The highest BCUT2D eigenvalue weighted by atomic mass is 19.1. The Morgan fingerprint density at radius 1 is 1.50 bits per heavy atom. The van der Waals surface area contributed by atoms with Crippen LogP contribution in [0, 0.1) is 5.82 Å². The van der Waals surface area contributed by atoms with Crippen molar-refractivity contribution in [2.24, 2.45) is 7.05 Å². The summed E-state index contributed by atoms with van der Waals surface area (Å²) in [5, 5.41) is 9.00. The molecule has 0 aliphatic heterocycles. The molecule has 0 bridgehead atoms. The quantitative estimate of drug-likeness (QED) is 0.842. The van der Waals surface area contributed by atoms with Crippen LogP contribution >= 0.6 is 0 Å². The monoisotopic (exact) mass is 308 g/mol. The van der Waals surface area contributed by atoms with Gasteiger partial charge >= 0.3 is 12.0 Å². The highest BCUT2D eigenvalue weighted by molar-refractivity contribution is 5.88. The molecule has 8 nitrogen and oxygen atoms in total. The van der Waals surface area contributed by atoms with Crippen molar-refractivity contribution in [2.45, 2.75) is 20.0 Å². The maximum atomic E-state index is 13.6. The third kappa shape index (κ3) is 4.40. The summed E-state index contributed by atoms with van der Waals surface area (Å²) in [6.45, 7) is 2.55. The first-order valence-corrected chi connectivity index (χ1v) is 6.77. The van der Waals surface area contributed by atoms with Crippen LogP contribution in [0.3, 0.4) is 0 Å². The smallest absolute Gasteiger partial charge is 0.320 e. The molecule has 0 saturated carbocycles. The number of aryl methyl sites for hydroxylation is 1. The second-order valence-electron chi connectivity index (χ2n) is 4.50. The number of ether oxygens (including phenoxy) is 1. The highest BCUT2D eigenvalue weighted by Gasteiger charge is 2.11. The first-order valence-electron chi connectivity index (χ1n) is 6.77. The van der Waals surface area contributed by atoms with Gasteiger partial charge in [-0.15, -0.1) is 0 Å². The Hall–Kier alpha value is -2.71. The molecular weight excluding hydrogens is 291 g/mol. The van der Waals surface area contributed by atoms with Gasteiger partial charge in [0.15, 0.2) is 11.6 Å². The predicted octanol–water partition coefficient (Wildman–Crippen LogP) is 1.46. The second-order valence-corrected chi connectivity index (χ2v) is 4.50. The number of halogens is 1. The molecule has 0 aliphatic rings. The van der Waals surface area contributed by atoms with Crippen LogP contribution in [0.2, 0.25) is 0 Å². The van der Waals surface area contributed by atoms with Gasteiger partial charge in [0.2, 0.25) is 0 Å². The minimum atomic E-state index is -0.739. The van der Waals surface area contributed by atoms with Gasteiger partial charge in [-0.3, -0.25) is 10.00 Å². The van der Waals surface area contributed by atoms with Crippen LogP contribution in [0.25, 0.3) is 0 Å². The number of amides is 2.